The fourth-order valence-corrected chi connectivity index (χ4v) is 3.96. The highest BCUT2D eigenvalue weighted by molar-refractivity contribution is 7.89. The van der Waals surface area contributed by atoms with Gasteiger partial charge >= 0.3 is 0 Å². The molecule has 0 aliphatic heterocycles. The summed E-state index contributed by atoms with van der Waals surface area (Å²) in [7, 11) is -1.95. The molecule has 0 saturated carbocycles. The summed E-state index contributed by atoms with van der Waals surface area (Å²) in [5.74, 6) is 0.265. The minimum Gasteiger partial charge on any atom is -0.390 e. The zero-order valence-corrected chi connectivity index (χ0v) is 18.2. The SMILES string of the molecule is Cc1ccc(S(=O)(=O)NCCC(C)(C)O)cc1-c1cnc(N)c(-c2cnn(C)c2)n1. The molecule has 0 radical (unpaired) electrons. The summed E-state index contributed by atoms with van der Waals surface area (Å²) in [4.78, 5) is 8.96. The molecule has 0 atom stereocenters. The first-order valence-electron chi connectivity index (χ1n) is 9.41. The number of aryl methyl sites for hydroxylation is 2. The first kappa shape index (κ1) is 21.9. The Morgan fingerprint density at radius 3 is 2.63 bits per heavy atom. The molecule has 160 valence electrons. The molecule has 9 nitrogen and oxygen atoms in total. The van der Waals surface area contributed by atoms with E-state index in [9.17, 15) is 13.5 Å². The molecule has 3 aromatic rings. The Morgan fingerprint density at radius 1 is 1.27 bits per heavy atom. The van der Waals surface area contributed by atoms with Gasteiger partial charge in [0.25, 0.3) is 0 Å². The second-order valence-electron chi connectivity index (χ2n) is 7.83. The Hall–Kier alpha value is -2.82. The molecule has 30 heavy (non-hydrogen) atoms. The number of rotatable bonds is 7. The predicted octanol–water partition coefficient (Wildman–Crippen LogP) is 1.87. The van der Waals surface area contributed by atoms with Gasteiger partial charge in [-0.1, -0.05) is 6.07 Å². The van der Waals surface area contributed by atoms with E-state index in [1.54, 1.807) is 50.1 Å². The number of aromatic nitrogens is 4. The van der Waals surface area contributed by atoms with Crippen molar-refractivity contribution in [2.45, 2.75) is 37.7 Å². The average Bonchev–Trinajstić information content (AvgIpc) is 3.07. The normalized spacial score (nSPS) is 12.3. The summed E-state index contributed by atoms with van der Waals surface area (Å²) >= 11 is 0. The van der Waals surface area contributed by atoms with Gasteiger partial charge in [-0.25, -0.2) is 23.1 Å². The molecule has 0 aliphatic rings. The van der Waals surface area contributed by atoms with Crippen LogP contribution in [0.2, 0.25) is 0 Å². The maximum atomic E-state index is 12.7. The minimum atomic E-state index is -3.74. The van der Waals surface area contributed by atoms with E-state index in [0.29, 0.717) is 23.4 Å². The molecule has 0 unspecified atom stereocenters. The van der Waals surface area contributed by atoms with Gasteiger partial charge in [-0.3, -0.25) is 4.68 Å². The number of aliphatic hydroxyl groups is 1. The number of nitrogen functional groups attached to an aromatic ring is 1. The zero-order valence-electron chi connectivity index (χ0n) is 17.4. The topological polar surface area (TPSA) is 136 Å². The smallest absolute Gasteiger partial charge is 0.240 e. The third-order valence-electron chi connectivity index (χ3n) is 4.60. The van der Waals surface area contributed by atoms with Gasteiger partial charge in [0.1, 0.15) is 11.5 Å². The Morgan fingerprint density at radius 2 is 2.00 bits per heavy atom. The van der Waals surface area contributed by atoms with Crippen LogP contribution in [0.4, 0.5) is 5.82 Å². The molecule has 2 aromatic heterocycles. The van der Waals surface area contributed by atoms with E-state index < -0.39 is 15.6 Å². The average molecular weight is 431 g/mol. The quantitative estimate of drug-likeness (QED) is 0.520. The number of hydrogen-bond acceptors (Lipinski definition) is 7. The number of nitrogens with two attached hydrogens (primary N) is 1. The van der Waals surface area contributed by atoms with E-state index in [2.05, 4.69) is 19.8 Å². The predicted molar refractivity (Wildman–Crippen MR) is 115 cm³/mol. The van der Waals surface area contributed by atoms with Crippen LogP contribution in [0, 0.1) is 6.92 Å². The summed E-state index contributed by atoms with van der Waals surface area (Å²) in [6.07, 6.45) is 5.24. The van der Waals surface area contributed by atoms with Crippen LogP contribution < -0.4 is 10.5 Å². The Balaban J connectivity index is 1.96. The van der Waals surface area contributed by atoms with E-state index >= 15 is 0 Å². The second kappa shape index (κ2) is 8.13. The minimum absolute atomic E-state index is 0.111. The first-order valence-corrected chi connectivity index (χ1v) is 10.9. The lowest BCUT2D eigenvalue weighted by molar-refractivity contribution is 0.0728. The third kappa shape index (κ3) is 5.02. The van der Waals surface area contributed by atoms with E-state index in [4.69, 9.17) is 5.73 Å². The van der Waals surface area contributed by atoms with Crippen molar-refractivity contribution in [3.63, 3.8) is 0 Å². The van der Waals surface area contributed by atoms with E-state index in [0.717, 1.165) is 11.1 Å². The molecule has 0 bridgehead atoms. The molecule has 3 rings (SSSR count). The van der Waals surface area contributed by atoms with Crippen molar-refractivity contribution in [2.75, 3.05) is 12.3 Å². The third-order valence-corrected chi connectivity index (χ3v) is 6.06. The van der Waals surface area contributed by atoms with Crippen LogP contribution in [-0.2, 0) is 17.1 Å². The molecule has 10 heteroatoms. The Labute approximate surface area is 176 Å². The van der Waals surface area contributed by atoms with Gasteiger partial charge < -0.3 is 10.8 Å². The molecule has 0 aliphatic carbocycles. The molecule has 0 spiro atoms. The molecule has 0 fully saturated rings. The van der Waals surface area contributed by atoms with Crippen molar-refractivity contribution in [3.05, 3.63) is 42.4 Å². The highest BCUT2D eigenvalue weighted by Gasteiger charge is 2.19. The molecule has 4 N–H and O–H groups in total. The van der Waals surface area contributed by atoms with Gasteiger partial charge in [0.2, 0.25) is 10.0 Å². The number of hydrogen-bond donors (Lipinski definition) is 3. The largest absolute Gasteiger partial charge is 0.390 e. The summed E-state index contributed by atoms with van der Waals surface area (Å²) in [5, 5.41) is 13.9. The summed E-state index contributed by atoms with van der Waals surface area (Å²) in [6.45, 7) is 5.26. The van der Waals surface area contributed by atoms with Crippen LogP contribution in [0.15, 0.2) is 41.7 Å². The fourth-order valence-electron chi connectivity index (χ4n) is 2.90. The number of nitrogens with zero attached hydrogens (tertiary/aromatic N) is 4. The molecular formula is C20H26N6O3S. The van der Waals surface area contributed by atoms with Crippen LogP contribution in [-0.4, -0.2) is 45.4 Å². The van der Waals surface area contributed by atoms with Gasteiger partial charge in [-0.15, -0.1) is 0 Å². The molecular weight excluding hydrogens is 404 g/mol. The van der Waals surface area contributed by atoms with Gasteiger partial charge in [0, 0.05) is 30.9 Å². The van der Waals surface area contributed by atoms with Crippen LogP contribution in [0.1, 0.15) is 25.8 Å². The van der Waals surface area contributed by atoms with E-state index in [1.807, 2.05) is 6.92 Å². The summed E-state index contributed by atoms with van der Waals surface area (Å²) in [5.41, 5.74) is 8.24. The summed E-state index contributed by atoms with van der Waals surface area (Å²) < 4.78 is 29.6. The van der Waals surface area contributed by atoms with Gasteiger partial charge in [-0.2, -0.15) is 5.10 Å². The second-order valence-corrected chi connectivity index (χ2v) is 9.60. The Bertz CT molecular complexity index is 1170. The van der Waals surface area contributed by atoms with Crippen molar-refractivity contribution in [3.8, 4) is 22.5 Å². The number of anilines is 1. The molecule has 0 saturated heterocycles. The first-order chi connectivity index (χ1) is 14.0. The summed E-state index contributed by atoms with van der Waals surface area (Å²) in [6, 6.07) is 4.83. The van der Waals surface area contributed by atoms with Crippen molar-refractivity contribution >= 4 is 15.8 Å². The maximum Gasteiger partial charge on any atom is 0.240 e. The van der Waals surface area contributed by atoms with E-state index in [1.165, 1.54) is 12.3 Å². The van der Waals surface area contributed by atoms with Gasteiger partial charge in [0.05, 0.1) is 28.6 Å². The number of sulfonamides is 1. The van der Waals surface area contributed by atoms with Gasteiger partial charge in [-0.05, 0) is 44.9 Å². The maximum absolute atomic E-state index is 12.7. The lowest BCUT2D eigenvalue weighted by Gasteiger charge is -2.17. The van der Waals surface area contributed by atoms with Crippen molar-refractivity contribution in [2.24, 2.45) is 7.05 Å². The number of nitrogens with one attached hydrogen (secondary N) is 1. The Kier molecular flexibility index (Phi) is 5.93. The van der Waals surface area contributed by atoms with E-state index in [-0.39, 0.29) is 17.3 Å². The van der Waals surface area contributed by atoms with Gasteiger partial charge in [0.15, 0.2) is 0 Å². The standard InChI is InChI=1S/C20H26N6O3S/c1-13-5-6-15(30(28,29)24-8-7-20(2,3)27)9-16(13)17-11-22-19(21)18(25-17)14-10-23-26(4)12-14/h5-6,9-12,24,27H,7-8H2,1-4H3,(H2,21,22). The van der Waals surface area contributed by atoms with Crippen LogP contribution in [0.25, 0.3) is 22.5 Å². The van der Waals surface area contributed by atoms with Crippen LogP contribution in [0.3, 0.4) is 0 Å². The van der Waals surface area contributed by atoms with Crippen molar-refractivity contribution in [1.29, 1.82) is 0 Å². The highest BCUT2D eigenvalue weighted by atomic mass is 32.2. The molecule has 0 amide bonds. The highest BCUT2D eigenvalue weighted by Crippen LogP contribution is 2.29. The lowest BCUT2D eigenvalue weighted by Crippen LogP contribution is -2.30. The fraction of sp³-hybridized carbons (Fsp3) is 0.350. The monoisotopic (exact) mass is 430 g/mol. The number of benzene rings is 1. The lowest BCUT2D eigenvalue weighted by atomic mass is 10.1. The van der Waals surface area contributed by atoms with Crippen molar-refractivity contribution < 1.29 is 13.5 Å². The molecule has 2 heterocycles. The zero-order chi connectivity index (χ0) is 22.1. The van der Waals surface area contributed by atoms with Crippen molar-refractivity contribution in [1.82, 2.24) is 24.5 Å². The van der Waals surface area contributed by atoms with Crippen LogP contribution >= 0.6 is 0 Å². The van der Waals surface area contributed by atoms with Crippen LogP contribution in [0.5, 0.6) is 0 Å². The molecule has 1 aromatic carbocycles.